The third-order valence-corrected chi connectivity index (χ3v) is 1.72. The maximum atomic E-state index is 11.5. The first-order valence-corrected chi connectivity index (χ1v) is 4.74. The van der Waals surface area contributed by atoms with Gasteiger partial charge < -0.3 is 11.1 Å². The van der Waals surface area contributed by atoms with Crippen LogP contribution in [0.1, 0.15) is 30.0 Å². The van der Waals surface area contributed by atoms with Gasteiger partial charge >= 0.3 is 0 Å². The van der Waals surface area contributed by atoms with Crippen molar-refractivity contribution in [2.24, 2.45) is 5.73 Å². The Morgan fingerprint density at radius 2 is 2.13 bits per heavy atom. The molecule has 5 heteroatoms. The summed E-state index contributed by atoms with van der Waals surface area (Å²) >= 11 is 0. The molecule has 0 aromatic carbocycles. The van der Waals surface area contributed by atoms with E-state index >= 15 is 0 Å². The zero-order chi connectivity index (χ0) is 11.5. The Hall–Kier alpha value is -1.49. The van der Waals surface area contributed by atoms with Crippen LogP contribution in [0.3, 0.4) is 0 Å². The fourth-order valence-electron chi connectivity index (χ4n) is 0.908. The summed E-state index contributed by atoms with van der Waals surface area (Å²) in [5, 5.41) is 2.69. The first-order chi connectivity index (χ1) is 6.88. The fraction of sp³-hybridized carbons (Fsp3) is 0.500. The minimum absolute atomic E-state index is 0.249. The van der Waals surface area contributed by atoms with Crippen LogP contribution in [0.15, 0.2) is 12.4 Å². The van der Waals surface area contributed by atoms with Gasteiger partial charge in [0.15, 0.2) is 0 Å². The molecule has 0 radical (unpaired) electrons. The molecule has 1 aromatic heterocycles. The van der Waals surface area contributed by atoms with Crippen molar-refractivity contribution >= 4 is 5.91 Å². The molecule has 3 N–H and O–H groups in total. The molecule has 1 rings (SSSR count). The number of rotatable bonds is 3. The highest BCUT2D eigenvalue weighted by Crippen LogP contribution is 1.96. The molecule has 0 aliphatic heterocycles. The summed E-state index contributed by atoms with van der Waals surface area (Å²) in [5.74, 6) is -0.249. The highest BCUT2D eigenvalue weighted by molar-refractivity contribution is 5.91. The Morgan fingerprint density at radius 1 is 1.47 bits per heavy atom. The number of nitrogens with one attached hydrogen (secondary N) is 1. The van der Waals surface area contributed by atoms with Crippen molar-refractivity contribution in [3.05, 3.63) is 23.8 Å². The van der Waals surface area contributed by atoms with E-state index < -0.39 is 5.54 Å². The van der Waals surface area contributed by atoms with Crippen molar-refractivity contribution in [3.63, 3.8) is 0 Å². The number of hydrogen-bond donors (Lipinski definition) is 2. The molecule has 0 unspecified atom stereocenters. The van der Waals surface area contributed by atoms with Gasteiger partial charge in [-0.1, -0.05) is 0 Å². The van der Waals surface area contributed by atoms with E-state index in [1.807, 2.05) is 20.8 Å². The Morgan fingerprint density at radius 3 is 2.60 bits per heavy atom. The average molecular weight is 208 g/mol. The Labute approximate surface area is 89.1 Å². The first-order valence-electron chi connectivity index (χ1n) is 4.74. The lowest BCUT2D eigenvalue weighted by Crippen LogP contribution is -2.45. The number of hydrogen-bond acceptors (Lipinski definition) is 4. The summed E-state index contributed by atoms with van der Waals surface area (Å²) in [6, 6.07) is 0. The average Bonchev–Trinajstić information content (AvgIpc) is 2.14. The standard InChI is InChI=1S/C10H16N4O/c1-7-4-13-8(5-12-7)9(15)14-6-10(2,3)11/h4-5H,6,11H2,1-3H3,(H,14,15). The van der Waals surface area contributed by atoms with Crippen molar-refractivity contribution in [1.82, 2.24) is 15.3 Å². The highest BCUT2D eigenvalue weighted by Gasteiger charge is 2.13. The fourth-order valence-corrected chi connectivity index (χ4v) is 0.908. The third-order valence-electron chi connectivity index (χ3n) is 1.72. The van der Waals surface area contributed by atoms with E-state index in [0.717, 1.165) is 5.69 Å². The molecule has 15 heavy (non-hydrogen) atoms. The van der Waals surface area contributed by atoms with Gasteiger partial charge in [0.2, 0.25) is 0 Å². The molecule has 1 aromatic rings. The van der Waals surface area contributed by atoms with E-state index in [4.69, 9.17) is 5.73 Å². The minimum Gasteiger partial charge on any atom is -0.349 e. The molecule has 1 heterocycles. The molecule has 0 saturated heterocycles. The number of carbonyl (C=O) groups is 1. The van der Waals surface area contributed by atoms with Gasteiger partial charge in [0.05, 0.1) is 11.9 Å². The van der Waals surface area contributed by atoms with E-state index in [9.17, 15) is 4.79 Å². The van der Waals surface area contributed by atoms with E-state index in [0.29, 0.717) is 12.2 Å². The van der Waals surface area contributed by atoms with Gasteiger partial charge in [-0.2, -0.15) is 0 Å². The molecule has 0 fully saturated rings. The topological polar surface area (TPSA) is 80.9 Å². The predicted molar refractivity (Wildman–Crippen MR) is 57.4 cm³/mol. The van der Waals surface area contributed by atoms with E-state index in [1.165, 1.54) is 6.20 Å². The second kappa shape index (κ2) is 4.35. The second-order valence-corrected chi connectivity index (χ2v) is 4.21. The zero-order valence-electron chi connectivity index (χ0n) is 9.24. The lowest BCUT2D eigenvalue weighted by Gasteiger charge is -2.18. The van der Waals surface area contributed by atoms with Crippen molar-refractivity contribution in [2.75, 3.05) is 6.54 Å². The van der Waals surface area contributed by atoms with Crippen LogP contribution in [0.5, 0.6) is 0 Å². The number of carbonyl (C=O) groups excluding carboxylic acids is 1. The maximum absolute atomic E-state index is 11.5. The smallest absolute Gasteiger partial charge is 0.271 e. The van der Waals surface area contributed by atoms with Crippen molar-refractivity contribution in [3.8, 4) is 0 Å². The monoisotopic (exact) mass is 208 g/mol. The Balaban J connectivity index is 2.58. The van der Waals surface area contributed by atoms with Crippen molar-refractivity contribution < 1.29 is 4.79 Å². The van der Waals surface area contributed by atoms with Crippen LogP contribution in [0.25, 0.3) is 0 Å². The molecule has 0 spiro atoms. The van der Waals surface area contributed by atoms with Crippen LogP contribution in [0.2, 0.25) is 0 Å². The number of nitrogens with two attached hydrogens (primary N) is 1. The Bertz CT molecular complexity index is 339. The summed E-state index contributed by atoms with van der Waals surface area (Å²) < 4.78 is 0. The number of amides is 1. The second-order valence-electron chi connectivity index (χ2n) is 4.21. The number of nitrogens with zero attached hydrogens (tertiary/aromatic N) is 2. The summed E-state index contributed by atoms with van der Waals surface area (Å²) in [4.78, 5) is 19.5. The summed E-state index contributed by atoms with van der Waals surface area (Å²) in [5.41, 5.74) is 6.41. The first kappa shape index (κ1) is 11.6. The molecule has 0 aliphatic carbocycles. The normalized spacial score (nSPS) is 11.2. The quantitative estimate of drug-likeness (QED) is 0.746. The molecular formula is C10H16N4O. The largest absolute Gasteiger partial charge is 0.349 e. The molecule has 82 valence electrons. The Kier molecular flexibility index (Phi) is 3.36. The molecule has 0 saturated carbocycles. The molecule has 5 nitrogen and oxygen atoms in total. The van der Waals surface area contributed by atoms with E-state index in [1.54, 1.807) is 6.20 Å². The maximum Gasteiger partial charge on any atom is 0.271 e. The van der Waals surface area contributed by atoms with Crippen LogP contribution >= 0.6 is 0 Å². The van der Waals surface area contributed by atoms with Gasteiger partial charge in [-0.25, -0.2) is 4.98 Å². The van der Waals surface area contributed by atoms with Crippen LogP contribution in [0.4, 0.5) is 0 Å². The van der Waals surface area contributed by atoms with Gasteiger partial charge in [0.1, 0.15) is 5.69 Å². The molecular weight excluding hydrogens is 192 g/mol. The van der Waals surface area contributed by atoms with E-state index in [2.05, 4.69) is 15.3 Å². The molecule has 1 amide bonds. The number of aromatic nitrogens is 2. The summed E-state index contributed by atoms with van der Waals surface area (Å²) in [6.07, 6.45) is 3.01. The third kappa shape index (κ3) is 4.03. The van der Waals surface area contributed by atoms with Crippen molar-refractivity contribution in [2.45, 2.75) is 26.3 Å². The van der Waals surface area contributed by atoms with Crippen molar-refractivity contribution in [1.29, 1.82) is 0 Å². The highest BCUT2D eigenvalue weighted by atomic mass is 16.1. The number of aryl methyl sites for hydroxylation is 1. The summed E-state index contributed by atoms with van der Waals surface area (Å²) in [7, 11) is 0. The minimum atomic E-state index is -0.423. The summed E-state index contributed by atoms with van der Waals surface area (Å²) in [6.45, 7) is 5.90. The molecule has 0 atom stereocenters. The van der Waals surface area contributed by atoms with Crippen LogP contribution in [0, 0.1) is 6.92 Å². The molecule has 0 aliphatic rings. The SMILES string of the molecule is Cc1cnc(C(=O)NCC(C)(C)N)cn1. The lowest BCUT2D eigenvalue weighted by atomic mass is 10.1. The van der Waals surface area contributed by atoms with Gasteiger partial charge in [0.25, 0.3) is 5.91 Å². The zero-order valence-corrected chi connectivity index (χ0v) is 9.24. The van der Waals surface area contributed by atoms with E-state index in [-0.39, 0.29) is 5.91 Å². The van der Waals surface area contributed by atoms with Gasteiger partial charge in [-0.05, 0) is 20.8 Å². The van der Waals surface area contributed by atoms with Crippen LogP contribution in [-0.2, 0) is 0 Å². The van der Waals surface area contributed by atoms with Gasteiger partial charge in [-0.15, -0.1) is 0 Å². The predicted octanol–water partition coefficient (Wildman–Crippen LogP) is 0.252. The van der Waals surface area contributed by atoms with Gasteiger partial charge in [0, 0.05) is 18.3 Å². The molecule has 0 bridgehead atoms. The van der Waals surface area contributed by atoms with Crippen LogP contribution in [-0.4, -0.2) is 28.0 Å². The lowest BCUT2D eigenvalue weighted by molar-refractivity contribution is 0.0940. The van der Waals surface area contributed by atoms with Gasteiger partial charge in [-0.3, -0.25) is 9.78 Å². The van der Waals surface area contributed by atoms with Crippen LogP contribution < -0.4 is 11.1 Å².